The molecule has 166 valence electrons. The van der Waals surface area contributed by atoms with Gasteiger partial charge in [0.2, 0.25) is 0 Å². The van der Waals surface area contributed by atoms with Crippen LogP contribution in [0, 0.1) is 10.5 Å². The van der Waals surface area contributed by atoms with Gasteiger partial charge >= 0.3 is 0 Å². The standard InChI is InChI=1S/C23H21ClIN3O3S/c1-16-3-11-21(12-4-16)28(32(30,31)22-13-7-19(24)8-14-22)15-23(29)27-26-17(2)18-5-9-20(25)10-6-18/h3-14H,15H2,1-2H3,(H,27,29)/b26-17-. The molecule has 6 nitrogen and oxygen atoms in total. The lowest BCUT2D eigenvalue weighted by Gasteiger charge is -2.24. The van der Waals surface area contributed by atoms with Crippen molar-refractivity contribution in [3.05, 3.63) is 92.5 Å². The lowest BCUT2D eigenvalue weighted by molar-refractivity contribution is -0.119. The number of hydrogen-bond donors (Lipinski definition) is 1. The third-order valence-electron chi connectivity index (χ3n) is 4.62. The number of aryl methyl sites for hydroxylation is 1. The first-order valence-corrected chi connectivity index (χ1v) is 12.5. The Balaban J connectivity index is 1.86. The van der Waals surface area contributed by atoms with E-state index in [0.29, 0.717) is 16.4 Å². The summed E-state index contributed by atoms with van der Waals surface area (Å²) in [6, 6.07) is 20.4. The van der Waals surface area contributed by atoms with E-state index < -0.39 is 22.5 Å². The van der Waals surface area contributed by atoms with Crippen molar-refractivity contribution in [1.82, 2.24) is 5.43 Å². The van der Waals surface area contributed by atoms with E-state index in [4.69, 9.17) is 11.6 Å². The summed E-state index contributed by atoms with van der Waals surface area (Å²) < 4.78 is 28.8. The average Bonchev–Trinajstić information content (AvgIpc) is 2.77. The molecule has 3 aromatic carbocycles. The fraction of sp³-hybridized carbons (Fsp3) is 0.130. The number of nitrogens with one attached hydrogen (secondary N) is 1. The fourth-order valence-electron chi connectivity index (χ4n) is 2.83. The Morgan fingerprint density at radius 2 is 1.59 bits per heavy atom. The highest BCUT2D eigenvalue weighted by Gasteiger charge is 2.27. The molecule has 0 saturated heterocycles. The molecule has 0 aliphatic heterocycles. The summed E-state index contributed by atoms with van der Waals surface area (Å²) in [5, 5.41) is 4.55. The summed E-state index contributed by atoms with van der Waals surface area (Å²) in [4.78, 5) is 12.7. The molecule has 0 bridgehead atoms. The van der Waals surface area contributed by atoms with Crippen molar-refractivity contribution < 1.29 is 13.2 Å². The summed E-state index contributed by atoms with van der Waals surface area (Å²) in [6.07, 6.45) is 0. The maximum Gasteiger partial charge on any atom is 0.264 e. The lowest BCUT2D eigenvalue weighted by atomic mass is 10.1. The van der Waals surface area contributed by atoms with Crippen LogP contribution in [0.1, 0.15) is 18.1 Å². The molecule has 3 rings (SSSR count). The van der Waals surface area contributed by atoms with Gasteiger partial charge in [0.15, 0.2) is 0 Å². The second-order valence-electron chi connectivity index (χ2n) is 7.04. The first-order valence-electron chi connectivity index (χ1n) is 9.61. The highest BCUT2D eigenvalue weighted by atomic mass is 127. The minimum absolute atomic E-state index is 0.0360. The van der Waals surface area contributed by atoms with E-state index in [0.717, 1.165) is 19.0 Å². The number of hydrogen-bond acceptors (Lipinski definition) is 4. The molecular weight excluding hydrogens is 561 g/mol. The van der Waals surface area contributed by atoms with Gasteiger partial charge in [0.25, 0.3) is 15.9 Å². The number of amides is 1. The van der Waals surface area contributed by atoms with Crippen LogP contribution >= 0.6 is 34.2 Å². The first kappa shape index (κ1) is 24.2. The van der Waals surface area contributed by atoms with E-state index >= 15 is 0 Å². The molecule has 0 aliphatic rings. The molecule has 1 amide bonds. The van der Waals surface area contributed by atoms with E-state index in [9.17, 15) is 13.2 Å². The Bertz CT molecular complexity index is 1230. The quantitative estimate of drug-likeness (QED) is 0.243. The minimum atomic E-state index is -4.01. The highest BCUT2D eigenvalue weighted by molar-refractivity contribution is 14.1. The number of rotatable bonds is 7. The Morgan fingerprint density at radius 3 is 2.19 bits per heavy atom. The van der Waals surface area contributed by atoms with Gasteiger partial charge in [0.1, 0.15) is 6.54 Å². The second-order valence-corrected chi connectivity index (χ2v) is 10.6. The summed E-state index contributed by atoms with van der Waals surface area (Å²) in [6.45, 7) is 3.23. The van der Waals surface area contributed by atoms with Crippen LogP contribution in [-0.4, -0.2) is 26.6 Å². The van der Waals surface area contributed by atoms with E-state index in [1.807, 2.05) is 31.2 Å². The van der Waals surface area contributed by atoms with Crippen molar-refractivity contribution >= 4 is 61.5 Å². The van der Waals surface area contributed by atoms with Crippen LogP contribution in [0.4, 0.5) is 5.69 Å². The van der Waals surface area contributed by atoms with Gasteiger partial charge in [0.05, 0.1) is 16.3 Å². The van der Waals surface area contributed by atoms with Gasteiger partial charge in [-0.1, -0.05) is 41.4 Å². The zero-order chi connectivity index (χ0) is 23.3. The molecule has 0 heterocycles. The number of carbonyl (C=O) groups is 1. The highest BCUT2D eigenvalue weighted by Crippen LogP contribution is 2.25. The number of nitrogens with zero attached hydrogens (tertiary/aromatic N) is 2. The molecule has 3 aromatic rings. The van der Waals surface area contributed by atoms with Gasteiger partial charge in [-0.2, -0.15) is 5.10 Å². The predicted molar refractivity (Wildman–Crippen MR) is 137 cm³/mol. The normalized spacial score (nSPS) is 11.8. The first-order chi connectivity index (χ1) is 15.2. The topological polar surface area (TPSA) is 78.8 Å². The van der Waals surface area contributed by atoms with Crippen molar-refractivity contribution in [2.24, 2.45) is 5.10 Å². The van der Waals surface area contributed by atoms with E-state index in [2.05, 4.69) is 33.1 Å². The van der Waals surface area contributed by atoms with Crippen molar-refractivity contribution in [3.63, 3.8) is 0 Å². The SMILES string of the molecule is C/C(=N/NC(=O)CN(c1ccc(C)cc1)S(=O)(=O)c1ccc(Cl)cc1)c1ccc(I)cc1. The largest absolute Gasteiger partial charge is 0.271 e. The smallest absolute Gasteiger partial charge is 0.264 e. The molecule has 0 saturated carbocycles. The summed E-state index contributed by atoms with van der Waals surface area (Å²) in [7, 11) is -4.01. The number of anilines is 1. The Morgan fingerprint density at radius 1 is 1.00 bits per heavy atom. The second kappa shape index (κ2) is 10.5. The van der Waals surface area contributed by atoms with Crippen LogP contribution in [0.5, 0.6) is 0 Å². The molecule has 0 aromatic heterocycles. The molecule has 32 heavy (non-hydrogen) atoms. The maximum atomic E-state index is 13.3. The number of sulfonamides is 1. The van der Waals surface area contributed by atoms with Gasteiger partial charge in [-0.25, -0.2) is 13.8 Å². The van der Waals surface area contributed by atoms with Gasteiger partial charge in [-0.15, -0.1) is 0 Å². The van der Waals surface area contributed by atoms with Crippen molar-refractivity contribution in [1.29, 1.82) is 0 Å². The Kier molecular flexibility index (Phi) is 7.91. The zero-order valence-corrected chi connectivity index (χ0v) is 21.1. The third-order valence-corrected chi connectivity index (χ3v) is 7.38. The minimum Gasteiger partial charge on any atom is -0.271 e. The molecule has 0 fully saturated rings. The van der Waals surface area contributed by atoms with Crippen LogP contribution in [0.15, 0.2) is 82.8 Å². The van der Waals surface area contributed by atoms with Crippen molar-refractivity contribution in [2.45, 2.75) is 18.7 Å². The zero-order valence-electron chi connectivity index (χ0n) is 17.4. The van der Waals surface area contributed by atoms with Crippen LogP contribution in [0.25, 0.3) is 0 Å². The van der Waals surface area contributed by atoms with Gasteiger partial charge < -0.3 is 0 Å². The van der Waals surface area contributed by atoms with Gasteiger partial charge in [-0.3, -0.25) is 9.10 Å². The maximum absolute atomic E-state index is 13.3. The summed E-state index contributed by atoms with van der Waals surface area (Å²) in [5.74, 6) is -0.562. The van der Waals surface area contributed by atoms with Crippen LogP contribution in [0.2, 0.25) is 5.02 Å². The molecule has 0 unspecified atom stereocenters. The number of benzene rings is 3. The fourth-order valence-corrected chi connectivity index (χ4v) is 4.73. The van der Waals surface area contributed by atoms with Gasteiger partial charge in [-0.05, 0) is 90.5 Å². The lowest BCUT2D eigenvalue weighted by Crippen LogP contribution is -2.39. The third kappa shape index (κ3) is 6.08. The Hall–Kier alpha value is -2.43. The molecule has 1 N–H and O–H groups in total. The van der Waals surface area contributed by atoms with Gasteiger partial charge in [0, 0.05) is 8.59 Å². The van der Waals surface area contributed by atoms with Crippen molar-refractivity contribution in [3.8, 4) is 0 Å². The number of hydrazone groups is 1. The molecule has 0 radical (unpaired) electrons. The van der Waals surface area contributed by atoms with Crippen LogP contribution in [-0.2, 0) is 14.8 Å². The van der Waals surface area contributed by atoms with E-state index in [-0.39, 0.29) is 4.90 Å². The van der Waals surface area contributed by atoms with E-state index in [1.165, 1.54) is 24.3 Å². The monoisotopic (exact) mass is 581 g/mol. The molecular formula is C23H21ClIN3O3S. The Labute approximate surface area is 206 Å². The van der Waals surface area contributed by atoms with Crippen LogP contribution in [0.3, 0.4) is 0 Å². The summed E-state index contributed by atoms with van der Waals surface area (Å²) >= 11 is 8.11. The molecule has 0 spiro atoms. The van der Waals surface area contributed by atoms with Crippen molar-refractivity contribution in [2.75, 3.05) is 10.8 Å². The number of halogens is 2. The number of carbonyl (C=O) groups excluding carboxylic acids is 1. The molecule has 0 aliphatic carbocycles. The van der Waals surface area contributed by atoms with E-state index in [1.54, 1.807) is 31.2 Å². The average molecular weight is 582 g/mol. The molecule has 0 atom stereocenters. The predicted octanol–water partition coefficient (Wildman–Crippen LogP) is 4.99. The molecule has 9 heteroatoms. The van der Waals surface area contributed by atoms with Crippen LogP contribution < -0.4 is 9.73 Å². The summed E-state index contributed by atoms with van der Waals surface area (Å²) in [5.41, 5.74) is 5.27.